The molecule has 0 amide bonds. The van der Waals surface area contributed by atoms with Crippen LogP contribution in [0.4, 0.5) is 0 Å². The quantitative estimate of drug-likeness (QED) is 0.787. The van der Waals surface area contributed by atoms with Crippen LogP contribution in [0.3, 0.4) is 0 Å². The third kappa shape index (κ3) is 4.08. The third-order valence-electron chi connectivity index (χ3n) is 3.47. The summed E-state index contributed by atoms with van der Waals surface area (Å²) in [6.45, 7) is 7.76. The summed E-state index contributed by atoms with van der Waals surface area (Å²) in [6.07, 6.45) is 1.67. The maximum atomic E-state index is 9.22. The summed E-state index contributed by atoms with van der Waals surface area (Å²) < 4.78 is 7.30. The summed E-state index contributed by atoms with van der Waals surface area (Å²) in [4.78, 5) is 0. The molecule has 0 unspecified atom stereocenters. The van der Waals surface area contributed by atoms with Crippen molar-refractivity contribution in [1.82, 2.24) is 15.0 Å². The average molecular weight is 298 g/mol. The molecule has 0 aliphatic carbocycles. The summed E-state index contributed by atoms with van der Waals surface area (Å²) in [5.41, 5.74) is 2.41. The van der Waals surface area contributed by atoms with Gasteiger partial charge in [0, 0.05) is 13.0 Å². The first-order valence-corrected chi connectivity index (χ1v) is 7.68. The maximum absolute atomic E-state index is 9.22. The van der Waals surface area contributed by atoms with E-state index < -0.39 is 0 Å². The van der Waals surface area contributed by atoms with Gasteiger partial charge in [-0.2, -0.15) is 5.26 Å². The van der Waals surface area contributed by atoms with Crippen molar-refractivity contribution in [1.29, 1.82) is 5.26 Å². The van der Waals surface area contributed by atoms with Gasteiger partial charge in [0.2, 0.25) is 0 Å². The molecular formula is C17H22N4O. The highest BCUT2D eigenvalue weighted by atomic mass is 16.5. The maximum Gasteiger partial charge on any atom is 0.186 e. The number of ether oxygens (including phenoxy) is 1. The molecule has 1 aromatic carbocycles. The van der Waals surface area contributed by atoms with Crippen LogP contribution in [0.15, 0.2) is 24.3 Å². The SMILES string of the molecule is CCOc1ccc(Cc2c(C#N)nnn2CCC(C)C)cc1. The minimum Gasteiger partial charge on any atom is -0.494 e. The van der Waals surface area contributed by atoms with E-state index in [1.165, 1.54) is 0 Å². The molecule has 0 N–H and O–H groups in total. The van der Waals surface area contributed by atoms with E-state index >= 15 is 0 Å². The summed E-state index contributed by atoms with van der Waals surface area (Å²) in [5, 5.41) is 17.3. The molecule has 0 aliphatic rings. The van der Waals surface area contributed by atoms with E-state index in [0.717, 1.165) is 30.0 Å². The topological polar surface area (TPSA) is 63.7 Å². The molecule has 0 bridgehead atoms. The van der Waals surface area contributed by atoms with Crippen molar-refractivity contribution in [3.05, 3.63) is 41.2 Å². The van der Waals surface area contributed by atoms with Crippen LogP contribution in [0, 0.1) is 17.2 Å². The lowest BCUT2D eigenvalue weighted by molar-refractivity contribution is 0.340. The second kappa shape index (κ2) is 7.60. The van der Waals surface area contributed by atoms with E-state index in [1.54, 1.807) is 0 Å². The van der Waals surface area contributed by atoms with Gasteiger partial charge in [0.05, 0.1) is 12.3 Å². The lowest BCUT2D eigenvalue weighted by Gasteiger charge is -2.09. The molecule has 0 spiro atoms. The van der Waals surface area contributed by atoms with Crippen molar-refractivity contribution in [2.45, 2.75) is 40.2 Å². The van der Waals surface area contributed by atoms with E-state index in [9.17, 15) is 5.26 Å². The molecule has 2 aromatic rings. The second-order valence-electron chi connectivity index (χ2n) is 5.66. The number of nitrogens with zero attached hydrogens (tertiary/aromatic N) is 4. The molecule has 22 heavy (non-hydrogen) atoms. The molecular weight excluding hydrogens is 276 g/mol. The first-order chi connectivity index (χ1) is 10.6. The summed E-state index contributed by atoms with van der Waals surface area (Å²) in [6, 6.07) is 10.1. The van der Waals surface area contributed by atoms with Crippen molar-refractivity contribution in [3.8, 4) is 11.8 Å². The molecule has 1 heterocycles. The highest BCUT2D eigenvalue weighted by Crippen LogP contribution is 2.17. The van der Waals surface area contributed by atoms with E-state index in [1.807, 2.05) is 35.9 Å². The monoisotopic (exact) mass is 298 g/mol. The summed E-state index contributed by atoms with van der Waals surface area (Å²) in [7, 11) is 0. The molecule has 0 atom stereocenters. The number of nitriles is 1. The number of aromatic nitrogens is 3. The molecule has 0 saturated carbocycles. The van der Waals surface area contributed by atoms with E-state index in [2.05, 4.69) is 30.2 Å². The van der Waals surface area contributed by atoms with Crippen molar-refractivity contribution in [3.63, 3.8) is 0 Å². The Balaban J connectivity index is 2.16. The third-order valence-corrected chi connectivity index (χ3v) is 3.47. The van der Waals surface area contributed by atoms with Crippen molar-refractivity contribution in [2.75, 3.05) is 6.61 Å². The van der Waals surface area contributed by atoms with Crippen LogP contribution in [-0.4, -0.2) is 21.6 Å². The number of hydrogen-bond donors (Lipinski definition) is 0. The number of benzene rings is 1. The lowest BCUT2D eigenvalue weighted by Crippen LogP contribution is -2.08. The normalized spacial score (nSPS) is 10.7. The average Bonchev–Trinajstić information content (AvgIpc) is 2.89. The van der Waals surface area contributed by atoms with Gasteiger partial charge in [0.1, 0.15) is 11.8 Å². The molecule has 1 aromatic heterocycles. The molecule has 0 radical (unpaired) electrons. The van der Waals surface area contributed by atoms with Gasteiger partial charge < -0.3 is 4.74 Å². The standard InChI is InChI=1S/C17H22N4O/c1-4-22-15-7-5-14(6-8-15)11-17-16(12-18)19-20-21(17)10-9-13(2)3/h5-8,13H,4,9-11H2,1-3H3. The van der Waals surface area contributed by atoms with E-state index in [-0.39, 0.29) is 0 Å². The Labute approximate surface area is 131 Å². The predicted molar refractivity (Wildman–Crippen MR) is 84.6 cm³/mol. The Bertz CT molecular complexity index is 638. The van der Waals surface area contributed by atoms with Gasteiger partial charge in [-0.15, -0.1) is 5.10 Å². The predicted octanol–water partition coefficient (Wildman–Crippen LogP) is 3.19. The first-order valence-electron chi connectivity index (χ1n) is 7.68. The fourth-order valence-corrected chi connectivity index (χ4v) is 2.22. The van der Waals surface area contributed by atoms with Gasteiger partial charge in [0.25, 0.3) is 0 Å². The minimum atomic E-state index is 0.414. The Morgan fingerprint density at radius 3 is 2.59 bits per heavy atom. The Morgan fingerprint density at radius 2 is 2.00 bits per heavy atom. The van der Waals surface area contributed by atoms with Gasteiger partial charge in [-0.25, -0.2) is 4.68 Å². The van der Waals surface area contributed by atoms with Crippen LogP contribution < -0.4 is 4.74 Å². The first kappa shape index (κ1) is 16.0. The zero-order valence-electron chi connectivity index (χ0n) is 13.4. The molecule has 116 valence electrons. The zero-order valence-corrected chi connectivity index (χ0v) is 13.4. The highest BCUT2D eigenvalue weighted by molar-refractivity contribution is 5.33. The summed E-state index contributed by atoms with van der Waals surface area (Å²) in [5.74, 6) is 1.45. The molecule has 2 rings (SSSR count). The fraction of sp³-hybridized carbons (Fsp3) is 0.471. The number of rotatable bonds is 7. The molecule has 0 aliphatic heterocycles. The van der Waals surface area contributed by atoms with Crippen molar-refractivity contribution in [2.24, 2.45) is 5.92 Å². The smallest absolute Gasteiger partial charge is 0.186 e. The van der Waals surface area contributed by atoms with Gasteiger partial charge in [-0.3, -0.25) is 0 Å². The fourth-order valence-electron chi connectivity index (χ4n) is 2.22. The van der Waals surface area contributed by atoms with Crippen LogP contribution in [0.5, 0.6) is 5.75 Å². The van der Waals surface area contributed by atoms with Gasteiger partial charge >= 0.3 is 0 Å². The van der Waals surface area contributed by atoms with Crippen LogP contribution >= 0.6 is 0 Å². The van der Waals surface area contributed by atoms with E-state index in [4.69, 9.17) is 4.74 Å². The van der Waals surface area contributed by atoms with Gasteiger partial charge in [-0.05, 0) is 37.0 Å². The molecule has 5 nitrogen and oxygen atoms in total. The summed E-state index contributed by atoms with van der Waals surface area (Å²) >= 11 is 0. The lowest BCUT2D eigenvalue weighted by atomic mass is 10.1. The van der Waals surface area contributed by atoms with E-state index in [0.29, 0.717) is 24.6 Å². The number of hydrogen-bond acceptors (Lipinski definition) is 4. The van der Waals surface area contributed by atoms with Crippen molar-refractivity contribution < 1.29 is 4.74 Å². The molecule has 5 heteroatoms. The Kier molecular flexibility index (Phi) is 5.54. The minimum absolute atomic E-state index is 0.414. The van der Waals surface area contributed by atoms with Crippen LogP contribution in [-0.2, 0) is 13.0 Å². The Hall–Kier alpha value is -2.35. The van der Waals surface area contributed by atoms with Gasteiger partial charge in [-0.1, -0.05) is 31.2 Å². The molecule has 0 fully saturated rings. The van der Waals surface area contributed by atoms with Crippen molar-refractivity contribution >= 4 is 0 Å². The highest BCUT2D eigenvalue weighted by Gasteiger charge is 2.13. The van der Waals surface area contributed by atoms with Crippen LogP contribution in [0.2, 0.25) is 0 Å². The van der Waals surface area contributed by atoms with Crippen LogP contribution in [0.1, 0.15) is 44.1 Å². The molecule has 0 saturated heterocycles. The van der Waals surface area contributed by atoms with Crippen LogP contribution in [0.25, 0.3) is 0 Å². The number of aryl methyl sites for hydroxylation is 1. The Morgan fingerprint density at radius 1 is 1.27 bits per heavy atom. The second-order valence-corrected chi connectivity index (χ2v) is 5.66. The largest absolute Gasteiger partial charge is 0.494 e. The zero-order chi connectivity index (χ0) is 15.9. The van der Waals surface area contributed by atoms with Gasteiger partial charge in [0.15, 0.2) is 5.69 Å².